The van der Waals surface area contributed by atoms with Crippen molar-refractivity contribution in [1.82, 2.24) is 4.98 Å². The Morgan fingerprint density at radius 2 is 2.00 bits per heavy atom. The van der Waals surface area contributed by atoms with Crippen molar-refractivity contribution < 1.29 is 23.8 Å². The van der Waals surface area contributed by atoms with Gasteiger partial charge in [-0.1, -0.05) is 30.3 Å². The van der Waals surface area contributed by atoms with Crippen LogP contribution in [0.15, 0.2) is 53.9 Å². The molecule has 2 aromatic carbocycles. The number of rotatable bonds is 7. The average Bonchev–Trinajstić information content (AvgIpc) is 3.29. The highest BCUT2D eigenvalue weighted by molar-refractivity contribution is 7.13. The molecule has 1 amide bonds. The maximum absolute atomic E-state index is 12.6. The molecule has 7 nitrogen and oxygen atoms in total. The molecule has 8 heteroatoms. The van der Waals surface area contributed by atoms with E-state index in [1.165, 1.54) is 12.0 Å². The Balaban J connectivity index is 1.63. The number of hydrogen-bond donors (Lipinski definition) is 0. The molecule has 1 aliphatic rings. The van der Waals surface area contributed by atoms with Gasteiger partial charge in [-0.2, -0.15) is 0 Å². The topological polar surface area (TPSA) is 78.0 Å². The predicted molar refractivity (Wildman–Crippen MR) is 118 cm³/mol. The van der Waals surface area contributed by atoms with Gasteiger partial charge in [0, 0.05) is 23.6 Å². The van der Waals surface area contributed by atoms with Gasteiger partial charge in [0.1, 0.15) is 23.4 Å². The summed E-state index contributed by atoms with van der Waals surface area (Å²) in [5.41, 5.74) is 3.20. The molecule has 0 spiro atoms. The Morgan fingerprint density at radius 1 is 1.19 bits per heavy atom. The van der Waals surface area contributed by atoms with Crippen molar-refractivity contribution in [3.63, 3.8) is 0 Å². The van der Waals surface area contributed by atoms with Crippen molar-refractivity contribution in [2.45, 2.75) is 13.0 Å². The van der Waals surface area contributed by atoms with Gasteiger partial charge in [0.2, 0.25) is 0 Å². The third-order valence-electron chi connectivity index (χ3n) is 4.92. The zero-order valence-electron chi connectivity index (χ0n) is 17.2. The van der Waals surface area contributed by atoms with E-state index in [0.29, 0.717) is 18.0 Å². The van der Waals surface area contributed by atoms with Crippen molar-refractivity contribution in [1.29, 1.82) is 0 Å². The van der Waals surface area contributed by atoms with Crippen molar-refractivity contribution in [3.05, 3.63) is 53.9 Å². The Hall–Kier alpha value is -3.23. The molecular weight excluding hydrogens is 416 g/mol. The molecule has 0 N–H and O–H groups in total. The number of nitrogens with zero attached hydrogens (tertiary/aromatic N) is 2. The molecule has 0 saturated carbocycles. The van der Waals surface area contributed by atoms with Gasteiger partial charge in [-0.3, -0.25) is 9.69 Å². The first-order valence-corrected chi connectivity index (χ1v) is 10.7. The second-order valence-corrected chi connectivity index (χ2v) is 7.83. The van der Waals surface area contributed by atoms with Crippen LogP contribution in [0.3, 0.4) is 0 Å². The van der Waals surface area contributed by atoms with Crippen molar-refractivity contribution in [2.75, 3.05) is 31.8 Å². The summed E-state index contributed by atoms with van der Waals surface area (Å²) in [6.07, 6.45) is 0. The highest BCUT2D eigenvalue weighted by Crippen LogP contribution is 2.38. The summed E-state index contributed by atoms with van der Waals surface area (Å²) in [6.45, 7) is 1.94. The van der Waals surface area contributed by atoms with E-state index in [0.717, 1.165) is 21.8 Å². The van der Waals surface area contributed by atoms with Gasteiger partial charge >= 0.3 is 5.97 Å². The number of fused-ring (bicyclic) bond motifs is 1. The average molecular weight is 439 g/mol. The van der Waals surface area contributed by atoms with E-state index in [4.69, 9.17) is 19.2 Å². The summed E-state index contributed by atoms with van der Waals surface area (Å²) in [5, 5.41) is 2.88. The molecule has 1 atom stereocenters. The van der Waals surface area contributed by atoms with E-state index in [2.05, 4.69) is 0 Å². The lowest BCUT2D eigenvalue weighted by atomic mass is 10.1. The number of methoxy groups -OCH3 is 1. The number of esters is 1. The van der Waals surface area contributed by atoms with E-state index in [1.807, 2.05) is 47.8 Å². The number of hydrogen-bond acceptors (Lipinski definition) is 7. The molecule has 0 aliphatic carbocycles. The summed E-state index contributed by atoms with van der Waals surface area (Å²) >= 11 is 1.55. The molecule has 31 heavy (non-hydrogen) atoms. The van der Waals surface area contributed by atoms with E-state index in [9.17, 15) is 9.59 Å². The second-order valence-electron chi connectivity index (χ2n) is 6.98. The third kappa shape index (κ3) is 4.45. The molecule has 1 aliphatic heterocycles. The monoisotopic (exact) mass is 438 g/mol. The summed E-state index contributed by atoms with van der Waals surface area (Å²) in [7, 11) is 1.53. The highest BCUT2D eigenvalue weighted by atomic mass is 32.1. The molecule has 1 aromatic heterocycles. The summed E-state index contributed by atoms with van der Waals surface area (Å²) in [4.78, 5) is 31.3. The number of amides is 1. The minimum Gasteiger partial charge on any atom is -0.482 e. The van der Waals surface area contributed by atoms with E-state index < -0.39 is 12.0 Å². The normalized spacial score (nSPS) is 14.0. The smallest absolute Gasteiger partial charge is 0.329 e. The van der Waals surface area contributed by atoms with Crippen LogP contribution >= 0.6 is 11.3 Å². The van der Waals surface area contributed by atoms with Gasteiger partial charge in [0.05, 0.1) is 18.0 Å². The Labute approximate surface area is 184 Å². The molecule has 0 saturated heterocycles. The minimum absolute atomic E-state index is 0.128. The van der Waals surface area contributed by atoms with Crippen LogP contribution in [-0.4, -0.2) is 49.8 Å². The van der Waals surface area contributed by atoms with Crippen LogP contribution in [0, 0.1) is 0 Å². The van der Waals surface area contributed by atoms with Crippen molar-refractivity contribution >= 4 is 28.9 Å². The first kappa shape index (κ1) is 21.0. The minimum atomic E-state index is -0.794. The largest absolute Gasteiger partial charge is 0.482 e. The molecule has 4 rings (SSSR count). The number of anilines is 1. The molecule has 160 valence electrons. The van der Waals surface area contributed by atoms with Gasteiger partial charge in [0.25, 0.3) is 5.91 Å². The fraction of sp³-hybridized carbons (Fsp3) is 0.261. The van der Waals surface area contributed by atoms with Crippen molar-refractivity contribution in [3.8, 4) is 27.6 Å². The zero-order chi connectivity index (χ0) is 21.8. The number of carbonyl (C=O) groups is 2. The summed E-state index contributed by atoms with van der Waals surface area (Å²) < 4.78 is 15.7. The van der Waals surface area contributed by atoms with E-state index >= 15 is 0 Å². The fourth-order valence-electron chi connectivity index (χ4n) is 3.33. The molecule has 0 fully saturated rings. The van der Waals surface area contributed by atoms with Crippen molar-refractivity contribution in [2.24, 2.45) is 0 Å². The molecule has 0 bridgehead atoms. The second kappa shape index (κ2) is 9.28. The number of aromatic nitrogens is 1. The van der Waals surface area contributed by atoms with Gasteiger partial charge in [-0.15, -0.1) is 11.3 Å². The molecule has 2 heterocycles. The summed E-state index contributed by atoms with van der Waals surface area (Å²) in [6, 6.07) is 14.7. The molecule has 3 aromatic rings. The van der Waals surface area contributed by atoms with Crippen LogP contribution < -0.4 is 9.64 Å². The van der Waals surface area contributed by atoms with Gasteiger partial charge in [-0.05, 0) is 25.1 Å². The predicted octanol–water partition coefficient (Wildman–Crippen LogP) is 3.78. The zero-order valence-corrected chi connectivity index (χ0v) is 18.1. The summed E-state index contributed by atoms with van der Waals surface area (Å²) in [5.74, 6) is -0.258. The maximum atomic E-state index is 12.6. The Morgan fingerprint density at radius 3 is 2.77 bits per heavy atom. The van der Waals surface area contributed by atoms with Gasteiger partial charge < -0.3 is 14.2 Å². The number of benzene rings is 2. The van der Waals surface area contributed by atoms with Crippen LogP contribution in [0.4, 0.5) is 5.69 Å². The van der Waals surface area contributed by atoms with Crippen LogP contribution in [0.2, 0.25) is 0 Å². The van der Waals surface area contributed by atoms with Crippen LogP contribution in [0.5, 0.6) is 5.75 Å². The lowest BCUT2D eigenvalue weighted by molar-refractivity contribution is -0.147. The SMILES string of the molecule is COCCOC(=O)C(C)N1C(=O)COc2ccc(-c3csc(-c4ccccc4)n3)cc21. The molecule has 1 unspecified atom stereocenters. The number of ether oxygens (including phenoxy) is 3. The van der Waals surface area contributed by atoms with Gasteiger partial charge in [-0.25, -0.2) is 9.78 Å². The molecule has 0 radical (unpaired) electrons. The quantitative estimate of drug-likeness (QED) is 0.413. The maximum Gasteiger partial charge on any atom is 0.329 e. The Bertz CT molecular complexity index is 1080. The highest BCUT2D eigenvalue weighted by Gasteiger charge is 2.34. The van der Waals surface area contributed by atoms with Crippen LogP contribution in [-0.2, 0) is 19.1 Å². The number of thiazole rings is 1. The standard InChI is InChI=1S/C23H22N2O5S/c1-15(23(27)29-11-10-28-2)25-19-12-17(8-9-20(19)30-13-21(25)26)18-14-31-22(24-18)16-6-4-3-5-7-16/h3-9,12,14-15H,10-11,13H2,1-2H3. The van der Waals surface area contributed by atoms with Crippen LogP contribution in [0.1, 0.15) is 6.92 Å². The number of carbonyl (C=O) groups excluding carboxylic acids is 2. The Kier molecular flexibility index (Phi) is 6.29. The first-order chi connectivity index (χ1) is 15.1. The van der Waals surface area contributed by atoms with Gasteiger partial charge in [0.15, 0.2) is 6.61 Å². The lowest BCUT2D eigenvalue weighted by Crippen LogP contribution is -2.48. The lowest BCUT2D eigenvalue weighted by Gasteiger charge is -2.33. The third-order valence-corrected chi connectivity index (χ3v) is 5.81. The molecular formula is C23H22N2O5S. The first-order valence-electron chi connectivity index (χ1n) is 9.84. The van der Waals surface area contributed by atoms with E-state index in [-0.39, 0.29) is 19.1 Å². The fourth-order valence-corrected chi connectivity index (χ4v) is 4.16. The van der Waals surface area contributed by atoms with Crippen LogP contribution in [0.25, 0.3) is 21.8 Å². The van der Waals surface area contributed by atoms with E-state index in [1.54, 1.807) is 24.3 Å².